The van der Waals surface area contributed by atoms with Gasteiger partial charge in [-0.2, -0.15) is 0 Å². The highest BCUT2D eigenvalue weighted by molar-refractivity contribution is 5.44. The van der Waals surface area contributed by atoms with Crippen LogP contribution in [0.15, 0.2) is 18.2 Å². The highest BCUT2D eigenvalue weighted by atomic mass is 16.6. The summed E-state index contributed by atoms with van der Waals surface area (Å²) in [6.45, 7) is 3.84. The highest BCUT2D eigenvalue weighted by Gasteiger charge is 2.15. The third-order valence-corrected chi connectivity index (χ3v) is 2.67. The fourth-order valence-electron chi connectivity index (χ4n) is 1.64. The van der Waals surface area contributed by atoms with Crippen molar-refractivity contribution in [3.05, 3.63) is 39.4 Å². The van der Waals surface area contributed by atoms with Crippen LogP contribution in [-0.2, 0) is 6.42 Å². The number of rotatable bonds is 5. The van der Waals surface area contributed by atoms with Gasteiger partial charge in [0.05, 0.1) is 4.92 Å². The molecule has 0 bridgehead atoms. The average molecular weight is 223 g/mol. The van der Waals surface area contributed by atoms with Crippen LogP contribution in [0.1, 0.15) is 37.3 Å². The van der Waals surface area contributed by atoms with E-state index in [1.54, 1.807) is 12.1 Å². The molecule has 1 N–H and O–H groups in total. The lowest BCUT2D eigenvalue weighted by atomic mass is 9.98. The first-order chi connectivity index (χ1) is 7.60. The predicted molar refractivity (Wildman–Crippen MR) is 62.6 cm³/mol. The number of hydrogen-bond donors (Lipinski definition) is 1. The minimum atomic E-state index is -0.349. The standard InChI is InChI=1S/C12H17NO3/c1-3-4-10-5-6-11(9(2)8-14)7-12(10)13(15)16/h5-7,9,14H,3-4,8H2,1-2H3. The van der Waals surface area contributed by atoms with Crippen molar-refractivity contribution >= 4 is 5.69 Å². The van der Waals surface area contributed by atoms with Crippen LogP contribution >= 0.6 is 0 Å². The molecule has 1 atom stereocenters. The summed E-state index contributed by atoms with van der Waals surface area (Å²) >= 11 is 0. The zero-order valence-corrected chi connectivity index (χ0v) is 9.64. The van der Waals surface area contributed by atoms with E-state index in [1.165, 1.54) is 0 Å². The van der Waals surface area contributed by atoms with Crippen LogP contribution in [0.2, 0.25) is 0 Å². The van der Waals surface area contributed by atoms with Crippen LogP contribution in [-0.4, -0.2) is 16.6 Å². The lowest BCUT2D eigenvalue weighted by Gasteiger charge is -2.09. The second kappa shape index (κ2) is 5.61. The molecule has 0 aliphatic heterocycles. The molecule has 0 saturated heterocycles. The molecule has 0 spiro atoms. The van der Waals surface area contributed by atoms with Gasteiger partial charge in [-0.3, -0.25) is 10.1 Å². The number of nitrogens with zero attached hydrogens (tertiary/aromatic N) is 1. The maximum Gasteiger partial charge on any atom is 0.272 e. The molecule has 16 heavy (non-hydrogen) atoms. The number of nitro groups is 1. The van der Waals surface area contributed by atoms with E-state index < -0.39 is 0 Å². The molecule has 88 valence electrons. The van der Waals surface area contributed by atoms with Crippen molar-refractivity contribution in [1.29, 1.82) is 0 Å². The van der Waals surface area contributed by atoms with Gasteiger partial charge in [-0.1, -0.05) is 32.4 Å². The van der Waals surface area contributed by atoms with E-state index >= 15 is 0 Å². The van der Waals surface area contributed by atoms with Crippen molar-refractivity contribution < 1.29 is 10.0 Å². The summed E-state index contributed by atoms with van der Waals surface area (Å²) in [6, 6.07) is 5.23. The fourth-order valence-corrected chi connectivity index (χ4v) is 1.64. The smallest absolute Gasteiger partial charge is 0.272 e. The molecule has 0 aliphatic rings. The van der Waals surface area contributed by atoms with E-state index in [4.69, 9.17) is 5.11 Å². The van der Waals surface area contributed by atoms with Gasteiger partial charge < -0.3 is 5.11 Å². The Bertz CT molecular complexity index is 377. The molecule has 1 rings (SSSR count). The summed E-state index contributed by atoms with van der Waals surface area (Å²) in [5, 5.41) is 19.9. The Balaban J connectivity index is 3.12. The number of nitro benzene ring substituents is 1. The van der Waals surface area contributed by atoms with Crippen molar-refractivity contribution in [2.45, 2.75) is 32.6 Å². The van der Waals surface area contributed by atoms with Crippen molar-refractivity contribution in [3.8, 4) is 0 Å². The van der Waals surface area contributed by atoms with E-state index in [-0.39, 0.29) is 23.1 Å². The first kappa shape index (κ1) is 12.6. The zero-order chi connectivity index (χ0) is 12.1. The van der Waals surface area contributed by atoms with E-state index in [0.717, 1.165) is 17.5 Å². The van der Waals surface area contributed by atoms with Crippen molar-refractivity contribution in [2.75, 3.05) is 6.61 Å². The van der Waals surface area contributed by atoms with E-state index in [1.807, 2.05) is 19.9 Å². The fraction of sp³-hybridized carbons (Fsp3) is 0.500. The molecule has 0 radical (unpaired) electrons. The summed E-state index contributed by atoms with van der Waals surface area (Å²) in [4.78, 5) is 10.6. The average Bonchev–Trinajstić information content (AvgIpc) is 2.28. The minimum absolute atomic E-state index is 0.00424. The molecule has 4 heteroatoms. The molecule has 0 aromatic heterocycles. The van der Waals surface area contributed by atoms with Crippen LogP contribution in [0.3, 0.4) is 0 Å². The van der Waals surface area contributed by atoms with Crippen LogP contribution < -0.4 is 0 Å². The van der Waals surface area contributed by atoms with Gasteiger partial charge in [0.1, 0.15) is 0 Å². The van der Waals surface area contributed by atoms with Gasteiger partial charge in [0, 0.05) is 24.2 Å². The lowest BCUT2D eigenvalue weighted by Crippen LogP contribution is -2.02. The summed E-state index contributed by atoms with van der Waals surface area (Å²) in [5.41, 5.74) is 1.75. The van der Waals surface area contributed by atoms with Gasteiger partial charge in [-0.25, -0.2) is 0 Å². The summed E-state index contributed by atoms with van der Waals surface area (Å²) in [5.74, 6) is -0.0608. The van der Waals surface area contributed by atoms with Crippen LogP contribution in [0.25, 0.3) is 0 Å². The van der Waals surface area contributed by atoms with Crippen molar-refractivity contribution in [1.82, 2.24) is 0 Å². The van der Waals surface area contributed by atoms with E-state index in [9.17, 15) is 10.1 Å². The van der Waals surface area contributed by atoms with Gasteiger partial charge in [0.2, 0.25) is 0 Å². The summed E-state index contributed by atoms with van der Waals surface area (Å²) in [7, 11) is 0. The quantitative estimate of drug-likeness (QED) is 0.616. The maximum absolute atomic E-state index is 10.9. The van der Waals surface area contributed by atoms with Crippen molar-refractivity contribution in [2.24, 2.45) is 0 Å². The largest absolute Gasteiger partial charge is 0.396 e. The van der Waals surface area contributed by atoms with Crippen LogP contribution in [0.5, 0.6) is 0 Å². The monoisotopic (exact) mass is 223 g/mol. The highest BCUT2D eigenvalue weighted by Crippen LogP contribution is 2.25. The number of aliphatic hydroxyl groups is 1. The van der Waals surface area contributed by atoms with Gasteiger partial charge in [-0.15, -0.1) is 0 Å². The molecule has 1 unspecified atom stereocenters. The first-order valence-corrected chi connectivity index (χ1v) is 5.48. The van der Waals surface area contributed by atoms with Crippen LogP contribution in [0, 0.1) is 10.1 Å². The van der Waals surface area contributed by atoms with Gasteiger partial charge >= 0.3 is 0 Å². The molecule has 0 aliphatic carbocycles. The van der Waals surface area contributed by atoms with Gasteiger partial charge in [-0.05, 0) is 12.0 Å². The van der Waals surface area contributed by atoms with E-state index in [0.29, 0.717) is 6.42 Å². The Morgan fingerprint density at radius 3 is 2.69 bits per heavy atom. The van der Waals surface area contributed by atoms with Gasteiger partial charge in [0.25, 0.3) is 5.69 Å². The third kappa shape index (κ3) is 2.79. The molecule has 4 nitrogen and oxygen atoms in total. The number of hydrogen-bond acceptors (Lipinski definition) is 3. The Hall–Kier alpha value is -1.42. The predicted octanol–water partition coefficient (Wildman–Crippen LogP) is 2.64. The molecule has 0 saturated carbocycles. The first-order valence-electron chi connectivity index (χ1n) is 5.48. The molecule has 0 heterocycles. The zero-order valence-electron chi connectivity index (χ0n) is 9.64. The normalized spacial score (nSPS) is 12.4. The minimum Gasteiger partial charge on any atom is -0.396 e. The number of benzene rings is 1. The molecule has 0 fully saturated rings. The molecular weight excluding hydrogens is 206 g/mol. The maximum atomic E-state index is 10.9. The van der Waals surface area contributed by atoms with Crippen molar-refractivity contribution in [3.63, 3.8) is 0 Å². The molecule has 0 amide bonds. The lowest BCUT2D eigenvalue weighted by molar-refractivity contribution is -0.385. The second-order valence-corrected chi connectivity index (χ2v) is 3.98. The second-order valence-electron chi connectivity index (χ2n) is 3.98. The molecule has 1 aromatic carbocycles. The summed E-state index contributed by atoms with van der Waals surface area (Å²) < 4.78 is 0. The number of aliphatic hydroxyl groups excluding tert-OH is 1. The van der Waals surface area contributed by atoms with E-state index in [2.05, 4.69) is 0 Å². The Morgan fingerprint density at radius 2 is 2.19 bits per heavy atom. The molecule has 1 aromatic rings. The number of aryl methyl sites for hydroxylation is 1. The Morgan fingerprint density at radius 1 is 1.50 bits per heavy atom. The SMILES string of the molecule is CCCc1ccc(C(C)CO)cc1[N+](=O)[O-]. The Kier molecular flexibility index (Phi) is 4.43. The summed E-state index contributed by atoms with van der Waals surface area (Å²) in [6.07, 6.45) is 1.60. The Labute approximate surface area is 95.1 Å². The van der Waals surface area contributed by atoms with Gasteiger partial charge in [0.15, 0.2) is 0 Å². The van der Waals surface area contributed by atoms with Crippen LogP contribution in [0.4, 0.5) is 5.69 Å². The topological polar surface area (TPSA) is 63.4 Å². The molecular formula is C12H17NO3. The third-order valence-electron chi connectivity index (χ3n) is 2.67.